The van der Waals surface area contributed by atoms with Crippen LogP contribution < -0.4 is 5.32 Å². The Morgan fingerprint density at radius 2 is 1.67 bits per heavy atom. The molecule has 1 N–H and O–H groups in total. The van der Waals surface area contributed by atoms with E-state index < -0.39 is 0 Å². The van der Waals surface area contributed by atoms with Crippen LogP contribution in [0.4, 0.5) is 5.69 Å². The summed E-state index contributed by atoms with van der Waals surface area (Å²) in [5.74, 6) is -0.202. The minimum Gasteiger partial charge on any atom is -0.325 e. The van der Waals surface area contributed by atoms with Gasteiger partial charge in [0.15, 0.2) is 5.78 Å². The first-order valence-corrected chi connectivity index (χ1v) is 10.2. The highest BCUT2D eigenvalue weighted by Gasteiger charge is 2.11. The number of ketones is 1. The molecule has 152 valence electrons. The van der Waals surface area contributed by atoms with E-state index in [2.05, 4.69) is 24.1 Å². The Morgan fingerprint density at radius 3 is 2.33 bits per heavy atom. The van der Waals surface area contributed by atoms with Gasteiger partial charge < -0.3 is 5.32 Å². The minimum absolute atomic E-state index is 0.0840. The summed E-state index contributed by atoms with van der Waals surface area (Å²) in [6.07, 6.45) is 6.81. The number of carbonyl (C=O) groups excluding carboxylic acids is 2. The maximum Gasteiger partial charge on any atom is 0.228 e. The number of nitrogens with zero attached hydrogens (tertiary/aromatic N) is 1. The molecule has 30 heavy (non-hydrogen) atoms. The van der Waals surface area contributed by atoms with Gasteiger partial charge in [-0.2, -0.15) is 0 Å². The van der Waals surface area contributed by atoms with Crippen molar-refractivity contribution >= 4 is 23.5 Å². The van der Waals surface area contributed by atoms with Crippen molar-refractivity contribution < 1.29 is 9.59 Å². The standard InChI is InChI=1S/C26H26N2O2/c1-3-20-10-8-11-21(4-2)26(20)28-25(30)18-19-9-7-12-22(17-19)24(29)15-14-23-13-5-6-16-27-23/h5-17H,3-4,18H2,1-2H3,(H,28,30). The van der Waals surface area contributed by atoms with Crippen LogP contribution in [0.15, 0.2) is 72.9 Å². The molecular weight excluding hydrogens is 372 g/mol. The fourth-order valence-electron chi connectivity index (χ4n) is 3.34. The third-order valence-electron chi connectivity index (χ3n) is 4.93. The largest absolute Gasteiger partial charge is 0.325 e. The van der Waals surface area contributed by atoms with Crippen LogP contribution in [0.5, 0.6) is 0 Å². The Balaban J connectivity index is 1.70. The van der Waals surface area contributed by atoms with E-state index in [0.717, 1.165) is 40.9 Å². The summed E-state index contributed by atoms with van der Waals surface area (Å²) in [6, 6.07) is 18.9. The molecule has 1 amide bonds. The van der Waals surface area contributed by atoms with E-state index in [9.17, 15) is 9.59 Å². The van der Waals surface area contributed by atoms with Crippen molar-refractivity contribution in [3.63, 3.8) is 0 Å². The zero-order chi connectivity index (χ0) is 21.3. The Bertz CT molecular complexity index is 1030. The summed E-state index contributed by atoms with van der Waals surface area (Å²) in [7, 11) is 0. The Labute approximate surface area is 177 Å². The van der Waals surface area contributed by atoms with Gasteiger partial charge in [0.1, 0.15) is 0 Å². The van der Waals surface area contributed by atoms with E-state index >= 15 is 0 Å². The van der Waals surface area contributed by atoms with Gasteiger partial charge in [-0.3, -0.25) is 14.6 Å². The first-order chi connectivity index (χ1) is 14.6. The predicted molar refractivity (Wildman–Crippen MR) is 122 cm³/mol. The van der Waals surface area contributed by atoms with E-state index in [0.29, 0.717) is 5.56 Å². The second-order valence-corrected chi connectivity index (χ2v) is 7.04. The summed E-state index contributed by atoms with van der Waals surface area (Å²) in [5, 5.41) is 3.08. The lowest BCUT2D eigenvalue weighted by atomic mass is 10.0. The van der Waals surface area contributed by atoms with Gasteiger partial charge in [-0.15, -0.1) is 0 Å². The fraction of sp³-hybridized carbons (Fsp3) is 0.192. The zero-order valence-electron chi connectivity index (χ0n) is 17.4. The number of hydrogen-bond acceptors (Lipinski definition) is 3. The second-order valence-electron chi connectivity index (χ2n) is 7.04. The summed E-state index contributed by atoms with van der Waals surface area (Å²) in [5.41, 5.74) is 5.26. The van der Waals surface area contributed by atoms with E-state index in [1.807, 2.05) is 48.5 Å². The third-order valence-corrected chi connectivity index (χ3v) is 4.93. The number of hydrogen-bond donors (Lipinski definition) is 1. The van der Waals surface area contributed by atoms with E-state index in [4.69, 9.17) is 0 Å². The Hall–Kier alpha value is -3.53. The van der Waals surface area contributed by atoms with Gasteiger partial charge in [-0.05, 0) is 59.9 Å². The monoisotopic (exact) mass is 398 g/mol. The molecule has 4 heteroatoms. The molecule has 0 atom stereocenters. The maximum absolute atomic E-state index is 12.7. The number of amides is 1. The van der Waals surface area contributed by atoms with Gasteiger partial charge in [0.2, 0.25) is 5.91 Å². The van der Waals surface area contributed by atoms with Crippen molar-refractivity contribution in [2.75, 3.05) is 5.32 Å². The van der Waals surface area contributed by atoms with E-state index in [1.165, 1.54) is 6.08 Å². The number of pyridine rings is 1. The maximum atomic E-state index is 12.7. The predicted octanol–water partition coefficient (Wildman–Crippen LogP) is 5.28. The molecule has 0 aliphatic rings. The molecule has 2 aromatic carbocycles. The van der Waals surface area contributed by atoms with Crippen LogP contribution in [0.1, 0.15) is 46.6 Å². The fourth-order valence-corrected chi connectivity index (χ4v) is 3.34. The molecule has 0 saturated heterocycles. The number of carbonyl (C=O) groups is 2. The number of aromatic nitrogens is 1. The molecule has 0 aliphatic heterocycles. The van der Waals surface area contributed by atoms with Gasteiger partial charge in [0, 0.05) is 17.4 Å². The molecule has 3 rings (SSSR count). The first-order valence-electron chi connectivity index (χ1n) is 10.2. The summed E-state index contributed by atoms with van der Waals surface area (Å²) >= 11 is 0. The van der Waals surface area contributed by atoms with Crippen LogP contribution in [0.2, 0.25) is 0 Å². The van der Waals surface area contributed by atoms with Gasteiger partial charge in [0.25, 0.3) is 0 Å². The van der Waals surface area contributed by atoms with Crippen molar-refractivity contribution in [2.45, 2.75) is 33.1 Å². The quantitative estimate of drug-likeness (QED) is 0.415. The average molecular weight is 399 g/mol. The second kappa shape index (κ2) is 10.3. The highest BCUT2D eigenvalue weighted by Crippen LogP contribution is 2.23. The third kappa shape index (κ3) is 5.51. The van der Waals surface area contributed by atoms with Crippen molar-refractivity contribution in [2.24, 2.45) is 0 Å². The summed E-state index contributed by atoms with van der Waals surface area (Å²) < 4.78 is 0. The van der Waals surface area contributed by atoms with Crippen molar-refractivity contribution in [1.82, 2.24) is 4.98 Å². The number of aryl methyl sites for hydroxylation is 2. The van der Waals surface area contributed by atoms with Crippen LogP contribution >= 0.6 is 0 Å². The molecule has 0 spiro atoms. The lowest BCUT2D eigenvalue weighted by molar-refractivity contribution is -0.115. The molecule has 0 saturated carbocycles. The molecule has 0 fully saturated rings. The number of benzene rings is 2. The highest BCUT2D eigenvalue weighted by atomic mass is 16.1. The minimum atomic E-state index is -0.118. The van der Waals surface area contributed by atoms with Crippen LogP contribution in [0, 0.1) is 0 Å². The molecule has 3 aromatic rings. The average Bonchev–Trinajstić information content (AvgIpc) is 2.78. The highest BCUT2D eigenvalue weighted by molar-refractivity contribution is 6.07. The van der Waals surface area contributed by atoms with Crippen LogP contribution in [-0.2, 0) is 24.1 Å². The van der Waals surface area contributed by atoms with Gasteiger partial charge >= 0.3 is 0 Å². The smallest absolute Gasteiger partial charge is 0.228 e. The Kier molecular flexibility index (Phi) is 7.28. The summed E-state index contributed by atoms with van der Waals surface area (Å²) in [6.45, 7) is 4.16. The van der Waals surface area contributed by atoms with Gasteiger partial charge in [-0.1, -0.05) is 56.3 Å². The SMILES string of the molecule is CCc1cccc(CC)c1NC(=O)Cc1cccc(C(=O)C=Cc2ccccn2)c1. The lowest BCUT2D eigenvalue weighted by Crippen LogP contribution is -2.17. The number of anilines is 1. The topological polar surface area (TPSA) is 59.1 Å². The van der Waals surface area contributed by atoms with E-state index in [1.54, 1.807) is 24.4 Å². The normalized spacial score (nSPS) is 10.9. The molecule has 0 aliphatic carbocycles. The Morgan fingerprint density at radius 1 is 0.933 bits per heavy atom. The lowest BCUT2D eigenvalue weighted by Gasteiger charge is -2.14. The number of rotatable bonds is 8. The van der Waals surface area contributed by atoms with Crippen molar-refractivity contribution in [3.05, 3.63) is 101 Å². The molecule has 4 nitrogen and oxygen atoms in total. The summed E-state index contributed by atoms with van der Waals surface area (Å²) in [4.78, 5) is 29.4. The van der Waals surface area contributed by atoms with E-state index in [-0.39, 0.29) is 18.1 Å². The molecule has 0 unspecified atom stereocenters. The van der Waals surface area contributed by atoms with Gasteiger partial charge in [-0.25, -0.2) is 0 Å². The molecule has 1 aromatic heterocycles. The van der Waals surface area contributed by atoms with Crippen LogP contribution in [-0.4, -0.2) is 16.7 Å². The van der Waals surface area contributed by atoms with Gasteiger partial charge in [0.05, 0.1) is 12.1 Å². The zero-order valence-corrected chi connectivity index (χ0v) is 17.4. The molecular formula is C26H26N2O2. The van der Waals surface area contributed by atoms with Crippen LogP contribution in [0.25, 0.3) is 6.08 Å². The molecule has 0 radical (unpaired) electrons. The molecule has 0 bridgehead atoms. The van der Waals surface area contributed by atoms with Crippen LogP contribution in [0.3, 0.4) is 0 Å². The first kappa shape index (κ1) is 21.2. The molecule has 1 heterocycles. The number of allylic oxidation sites excluding steroid dienone is 1. The van der Waals surface area contributed by atoms with Crippen molar-refractivity contribution in [3.8, 4) is 0 Å². The number of para-hydroxylation sites is 1. The van der Waals surface area contributed by atoms with Crippen molar-refractivity contribution in [1.29, 1.82) is 0 Å². The number of nitrogens with one attached hydrogen (secondary N) is 1.